The molecule has 0 spiro atoms. The van der Waals surface area contributed by atoms with Crippen molar-refractivity contribution in [1.82, 2.24) is 0 Å². The molecule has 2 rings (SSSR count). The van der Waals surface area contributed by atoms with Gasteiger partial charge in [-0.2, -0.15) is 13.2 Å². The third-order valence-corrected chi connectivity index (χ3v) is 2.72. The van der Waals surface area contributed by atoms with Crippen molar-refractivity contribution in [3.63, 3.8) is 0 Å². The third kappa shape index (κ3) is 2.25. The highest BCUT2D eigenvalue weighted by Gasteiger charge is 2.43. The summed E-state index contributed by atoms with van der Waals surface area (Å²) in [5.74, 6) is -1.18. The van der Waals surface area contributed by atoms with Crippen LogP contribution in [0.2, 0.25) is 0 Å². The highest BCUT2D eigenvalue weighted by atomic mass is 19.4. The van der Waals surface area contributed by atoms with Crippen molar-refractivity contribution in [2.75, 3.05) is 18.0 Å². The number of hydrogen-bond donors (Lipinski definition) is 0. The van der Waals surface area contributed by atoms with Gasteiger partial charge in [-0.15, -0.1) is 0 Å². The van der Waals surface area contributed by atoms with Gasteiger partial charge in [-0.25, -0.2) is 0 Å². The fourth-order valence-electron chi connectivity index (χ4n) is 1.85. The molecule has 0 N–H and O–H groups in total. The van der Waals surface area contributed by atoms with Gasteiger partial charge in [-0.1, -0.05) is 12.1 Å². The molecule has 0 saturated carbocycles. The Morgan fingerprint density at radius 3 is 2.47 bits per heavy atom. The standard InChI is InChI=1S/C11H11F3N/c12-11(13,14)9-6-7-15(8-9)10-4-2-1-3-5-10/h2-5,9H,6-8H2/t9-/m1/s1. The average molecular weight is 214 g/mol. The van der Waals surface area contributed by atoms with E-state index in [0.29, 0.717) is 6.54 Å². The van der Waals surface area contributed by atoms with Crippen molar-refractivity contribution in [1.29, 1.82) is 0 Å². The SMILES string of the molecule is FC(F)(F)[C@@H]1CCN(c2cc[c]cc2)C1. The molecule has 81 valence electrons. The molecule has 0 aromatic heterocycles. The molecule has 0 unspecified atom stereocenters. The zero-order chi connectivity index (χ0) is 10.9. The number of anilines is 1. The lowest BCUT2D eigenvalue weighted by atomic mass is 10.1. The summed E-state index contributed by atoms with van der Waals surface area (Å²) in [4.78, 5) is 1.77. The molecule has 1 aliphatic heterocycles. The van der Waals surface area contributed by atoms with E-state index in [1.165, 1.54) is 0 Å². The van der Waals surface area contributed by atoms with Gasteiger partial charge in [0.25, 0.3) is 0 Å². The second-order valence-electron chi connectivity index (χ2n) is 3.73. The van der Waals surface area contributed by atoms with E-state index in [9.17, 15) is 13.2 Å². The Labute approximate surface area is 86.5 Å². The average Bonchev–Trinajstić information content (AvgIpc) is 2.67. The molecular formula is C11H11F3N. The number of benzene rings is 1. The van der Waals surface area contributed by atoms with Gasteiger partial charge in [-0.05, 0) is 24.6 Å². The zero-order valence-corrected chi connectivity index (χ0v) is 8.09. The molecule has 0 amide bonds. The normalized spacial score (nSPS) is 22.1. The van der Waals surface area contributed by atoms with E-state index in [4.69, 9.17) is 0 Å². The second-order valence-corrected chi connectivity index (χ2v) is 3.73. The first-order valence-corrected chi connectivity index (χ1v) is 4.85. The number of nitrogens with zero attached hydrogens (tertiary/aromatic N) is 1. The van der Waals surface area contributed by atoms with Gasteiger partial charge in [0, 0.05) is 18.8 Å². The summed E-state index contributed by atoms with van der Waals surface area (Å²) in [5.41, 5.74) is 0.848. The van der Waals surface area contributed by atoms with E-state index < -0.39 is 12.1 Å². The van der Waals surface area contributed by atoms with Gasteiger partial charge >= 0.3 is 6.18 Å². The second kappa shape index (κ2) is 3.76. The largest absolute Gasteiger partial charge is 0.393 e. The first kappa shape index (κ1) is 10.3. The summed E-state index contributed by atoms with van der Waals surface area (Å²) < 4.78 is 37.3. The van der Waals surface area contributed by atoms with Crippen LogP contribution in [0.4, 0.5) is 18.9 Å². The lowest BCUT2D eigenvalue weighted by molar-refractivity contribution is -0.168. The molecule has 1 aliphatic rings. The van der Waals surface area contributed by atoms with Crippen LogP contribution in [0.1, 0.15) is 6.42 Å². The molecule has 1 atom stereocenters. The maximum absolute atomic E-state index is 12.4. The Morgan fingerprint density at radius 1 is 1.27 bits per heavy atom. The van der Waals surface area contributed by atoms with Crippen LogP contribution in [0.5, 0.6) is 0 Å². The van der Waals surface area contributed by atoms with Crippen LogP contribution >= 0.6 is 0 Å². The van der Waals surface area contributed by atoms with E-state index in [-0.39, 0.29) is 13.0 Å². The van der Waals surface area contributed by atoms with E-state index in [1.807, 2.05) is 0 Å². The minimum absolute atomic E-state index is 0.0769. The van der Waals surface area contributed by atoms with Crippen LogP contribution in [0.3, 0.4) is 0 Å². The van der Waals surface area contributed by atoms with Crippen LogP contribution in [-0.4, -0.2) is 19.3 Å². The highest BCUT2D eigenvalue weighted by molar-refractivity contribution is 5.46. The van der Waals surface area contributed by atoms with E-state index >= 15 is 0 Å². The van der Waals surface area contributed by atoms with Crippen molar-refractivity contribution in [3.05, 3.63) is 30.3 Å². The molecule has 1 radical (unpaired) electrons. The molecular weight excluding hydrogens is 203 g/mol. The van der Waals surface area contributed by atoms with Gasteiger partial charge in [-0.3, -0.25) is 0 Å². The molecule has 1 nitrogen and oxygen atoms in total. The number of halogens is 3. The first-order chi connectivity index (χ1) is 7.07. The molecule has 1 heterocycles. The Balaban J connectivity index is 2.05. The number of hydrogen-bond acceptors (Lipinski definition) is 1. The summed E-state index contributed by atoms with van der Waals surface area (Å²) in [6.07, 6.45) is -3.86. The Morgan fingerprint density at radius 2 is 1.93 bits per heavy atom. The predicted octanol–water partition coefficient (Wildman–Crippen LogP) is 2.88. The quantitative estimate of drug-likeness (QED) is 0.694. The molecule has 15 heavy (non-hydrogen) atoms. The summed E-state index contributed by atoms with van der Waals surface area (Å²) in [5, 5.41) is 0. The van der Waals surface area contributed by atoms with Crippen LogP contribution < -0.4 is 4.90 Å². The summed E-state index contributed by atoms with van der Waals surface area (Å²) in [6, 6.07) is 9.87. The lowest BCUT2D eigenvalue weighted by Crippen LogP contribution is -2.27. The lowest BCUT2D eigenvalue weighted by Gasteiger charge is -2.19. The Hall–Kier alpha value is -1.19. The zero-order valence-electron chi connectivity index (χ0n) is 8.09. The maximum Gasteiger partial charge on any atom is 0.393 e. The summed E-state index contributed by atoms with van der Waals surface area (Å²) >= 11 is 0. The molecule has 0 bridgehead atoms. The van der Waals surface area contributed by atoms with Gasteiger partial charge in [0.1, 0.15) is 0 Å². The first-order valence-electron chi connectivity index (χ1n) is 4.85. The molecule has 1 fully saturated rings. The van der Waals surface area contributed by atoms with Crippen molar-refractivity contribution < 1.29 is 13.2 Å². The maximum atomic E-state index is 12.4. The topological polar surface area (TPSA) is 3.24 Å². The molecule has 1 aromatic rings. The van der Waals surface area contributed by atoms with Crippen molar-refractivity contribution in [3.8, 4) is 0 Å². The van der Waals surface area contributed by atoms with Gasteiger partial charge in [0.05, 0.1) is 5.92 Å². The fourth-order valence-corrected chi connectivity index (χ4v) is 1.85. The molecule has 4 heteroatoms. The third-order valence-electron chi connectivity index (χ3n) is 2.72. The van der Waals surface area contributed by atoms with Crippen molar-refractivity contribution >= 4 is 5.69 Å². The van der Waals surface area contributed by atoms with Gasteiger partial charge < -0.3 is 4.90 Å². The van der Waals surface area contributed by atoms with Crippen LogP contribution in [0, 0.1) is 12.0 Å². The van der Waals surface area contributed by atoms with Crippen LogP contribution in [0.15, 0.2) is 24.3 Å². The van der Waals surface area contributed by atoms with E-state index in [2.05, 4.69) is 6.07 Å². The minimum atomic E-state index is -4.06. The minimum Gasteiger partial charge on any atom is -0.371 e. The van der Waals surface area contributed by atoms with Crippen molar-refractivity contribution in [2.24, 2.45) is 5.92 Å². The Kier molecular flexibility index (Phi) is 2.59. The number of alkyl halides is 3. The molecule has 1 aromatic carbocycles. The fraction of sp³-hybridized carbons (Fsp3) is 0.455. The smallest absolute Gasteiger partial charge is 0.371 e. The van der Waals surface area contributed by atoms with Crippen LogP contribution in [-0.2, 0) is 0 Å². The number of rotatable bonds is 1. The van der Waals surface area contributed by atoms with Crippen molar-refractivity contribution in [2.45, 2.75) is 12.6 Å². The highest BCUT2D eigenvalue weighted by Crippen LogP contribution is 2.35. The molecule has 1 saturated heterocycles. The summed E-state index contributed by atoms with van der Waals surface area (Å²) in [7, 11) is 0. The van der Waals surface area contributed by atoms with Gasteiger partial charge in [0.2, 0.25) is 0 Å². The summed E-state index contributed by atoms with van der Waals surface area (Å²) in [6.45, 7) is 0.557. The Bertz CT molecular complexity index is 320. The van der Waals surface area contributed by atoms with Gasteiger partial charge in [0.15, 0.2) is 0 Å². The molecule has 0 aliphatic carbocycles. The van der Waals surface area contributed by atoms with E-state index in [0.717, 1.165) is 5.69 Å². The van der Waals surface area contributed by atoms with Crippen LogP contribution in [0.25, 0.3) is 0 Å². The monoisotopic (exact) mass is 214 g/mol. The van der Waals surface area contributed by atoms with E-state index in [1.54, 1.807) is 29.2 Å². The predicted molar refractivity (Wildman–Crippen MR) is 51.7 cm³/mol.